The minimum absolute atomic E-state index is 0.256. The summed E-state index contributed by atoms with van der Waals surface area (Å²) in [6.45, 7) is 8.03. The maximum Gasteiger partial charge on any atom is 0.228 e. The molecule has 1 saturated heterocycles. The molecule has 1 amide bonds. The Balaban J connectivity index is 1.35. The van der Waals surface area contributed by atoms with Crippen molar-refractivity contribution in [3.05, 3.63) is 77.9 Å². The topological polar surface area (TPSA) is 81.8 Å². The van der Waals surface area contributed by atoms with E-state index in [0.29, 0.717) is 44.3 Å². The Bertz CT molecular complexity index is 1330. The second kappa shape index (κ2) is 12.7. The summed E-state index contributed by atoms with van der Waals surface area (Å²) >= 11 is 1.68. The molecule has 0 bridgehead atoms. The molecule has 0 aliphatic carbocycles. The van der Waals surface area contributed by atoms with Crippen LogP contribution in [-0.2, 0) is 16.0 Å². The highest BCUT2D eigenvalue weighted by atomic mass is 32.7. The lowest BCUT2D eigenvalue weighted by Crippen LogP contribution is -2.47. The average molecular weight is 566 g/mol. The van der Waals surface area contributed by atoms with E-state index in [9.17, 15) is 9.90 Å². The number of carbonyl (C=O) groups is 1. The number of carbonyl (C=O) groups excluding carboxylic acids is 1. The van der Waals surface area contributed by atoms with Crippen molar-refractivity contribution in [2.75, 3.05) is 26.5 Å². The van der Waals surface area contributed by atoms with E-state index < -0.39 is 11.2 Å². The predicted molar refractivity (Wildman–Crippen MR) is 166 cm³/mol. The molecule has 0 aromatic heterocycles. The van der Waals surface area contributed by atoms with E-state index in [1.54, 1.807) is 11.4 Å². The molecular weight excluding hydrogens is 525 g/mol. The number of amides is 1. The Hall–Kier alpha value is -2.66. The maximum absolute atomic E-state index is 12.5. The van der Waals surface area contributed by atoms with Crippen LogP contribution in [-0.4, -0.2) is 49.0 Å². The molecule has 208 valence electrons. The van der Waals surface area contributed by atoms with Gasteiger partial charge in [-0.15, -0.1) is 0 Å². The zero-order chi connectivity index (χ0) is 28.0. The van der Waals surface area contributed by atoms with Gasteiger partial charge in [0.2, 0.25) is 5.91 Å². The molecule has 3 aromatic carbocycles. The predicted octanol–water partition coefficient (Wildman–Crippen LogP) is 7.32. The van der Waals surface area contributed by atoms with Gasteiger partial charge in [0.15, 0.2) is 0 Å². The van der Waals surface area contributed by atoms with E-state index in [4.69, 9.17) is 15.2 Å². The quantitative estimate of drug-likeness (QED) is 0.238. The van der Waals surface area contributed by atoms with Gasteiger partial charge in [0.05, 0.1) is 11.8 Å². The van der Waals surface area contributed by atoms with Gasteiger partial charge < -0.3 is 20.3 Å². The summed E-state index contributed by atoms with van der Waals surface area (Å²) in [7, 11) is 0. The normalized spacial score (nSPS) is 17.2. The number of rotatable bonds is 11. The van der Waals surface area contributed by atoms with Crippen LogP contribution in [0.25, 0.3) is 11.1 Å². The number of ether oxygens (including phenoxy) is 2. The first-order chi connectivity index (χ1) is 18.6. The Morgan fingerprint density at radius 3 is 2.46 bits per heavy atom. The molecule has 1 aliphatic rings. The van der Waals surface area contributed by atoms with Gasteiger partial charge in [0.1, 0.15) is 11.5 Å². The smallest absolute Gasteiger partial charge is 0.228 e. The molecule has 7 heteroatoms. The first-order valence-corrected chi connectivity index (χ1v) is 17.4. The Kier molecular flexibility index (Phi) is 9.53. The Morgan fingerprint density at radius 1 is 1.13 bits per heavy atom. The van der Waals surface area contributed by atoms with Crippen LogP contribution in [0.5, 0.6) is 11.5 Å². The van der Waals surface area contributed by atoms with Crippen LogP contribution in [0, 0.1) is 0 Å². The first-order valence-electron chi connectivity index (χ1n) is 13.6. The van der Waals surface area contributed by atoms with Gasteiger partial charge in [0.25, 0.3) is 0 Å². The van der Waals surface area contributed by atoms with Crippen LogP contribution < -0.4 is 10.5 Å². The van der Waals surface area contributed by atoms with Crippen molar-refractivity contribution >= 4 is 29.7 Å². The molecule has 3 aromatic rings. The molecule has 0 saturated carbocycles. The molecule has 1 aliphatic heterocycles. The maximum atomic E-state index is 12.5. The summed E-state index contributed by atoms with van der Waals surface area (Å²) < 4.78 is 11.5. The molecule has 4 rings (SSSR count). The molecule has 1 fully saturated rings. The second-order valence-corrected chi connectivity index (χ2v) is 17.2. The molecule has 2 unspecified atom stereocenters. The summed E-state index contributed by atoms with van der Waals surface area (Å²) in [6.07, 6.45) is 5.55. The van der Waals surface area contributed by atoms with E-state index >= 15 is 0 Å². The zero-order valence-corrected chi connectivity index (χ0v) is 24.9. The molecule has 5 nitrogen and oxygen atoms in total. The fraction of sp³-hybridized carbons (Fsp3) is 0.375. The SMILES string of the molecule is C=P(C)(Sc1ccc(OCCc2cccc(-c3ccc(C(C)CC)c(O)c3)c2)cc1)C1(C(N)=O)CCOCC1. The fourth-order valence-electron chi connectivity index (χ4n) is 5.13. The second-order valence-electron chi connectivity index (χ2n) is 10.6. The highest BCUT2D eigenvalue weighted by Gasteiger charge is 2.46. The minimum atomic E-state index is -1.99. The molecule has 3 N–H and O–H groups in total. The lowest BCUT2D eigenvalue weighted by atomic mass is 9.94. The third kappa shape index (κ3) is 6.74. The third-order valence-corrected chi connectivity index (χ3v) is 14.2. The van der Waals surface area contributed by atoms with Gasteiger partial charge in [-0.25, -0.2) is 0 Å². The van der Waals surface area contributed by atoms with Gasteiger partial charge in [-0.05, 0) is 90.5 Å². The highest BCUT2D eigenvalue weighted by Crippen LogP contribution is 2.70. The molecule has 0 spiro atoms. The van der Waals surface area contributed by atoms with Crippen LogP contribution in [0.1, 0.15) is 50.2 Å². The van der Waals surface area contributed by atoms with Crippen LogP contribution in [0.3, 0.4) is 0 Å². The van der Waals surface area contributed by atoms with Gasteiger partial charge in [0, 0.05) is 24.5 Å². The Morgan fingerprint density at radius 2 is 1.82 bits per heavy atom. The highest BCUT2D eigenvalue weighted by molar-refractivity contribution is 8.61. The summed E-state index contributed by atoms with van der Waals surface area (Å²) in [5, 5.41) is 9.94. The summed E-state index contributed by atoms with van der Waals surface area (Å²) in [4.78, 5) is 13.5. The minimum Gasteiger partial charge on any atom is -0.508 e. The largest absolute Gasteiger partial charge is 0.508 e. The van der Waals surface area contributed by atoms with Crippen molar-refractivity contribution in [2.24, 2.45) is 5.73 Å². The molecule has 0 radical (unpaired) electrons. The van der Waals surface area contributed by atoms with E-state index in [1.807, 2.05) is 42.5 Å². The van der Waals surface area contributed by atoms with Crippen LogP contribution in [0.2, 0.25) is 0 Å². The molecule has 2 atom stereocenters. The summed E-state index contributed by atoms with van der Waals surface area (Å²) in [6, 6.07) is 22.4. The van der Waals surface area contributed by atoms with E-state index in [1.165, 1.54) is 5.56 Å². The lowest BCUT2D eigenvalue weighted by molar-refractivity contribution is -0.122. The number of aromatic hydroxyl groups is 1. The molecule has 1 heterocycles. The van der Waals surface area contributed by atoms with Crippen LogP contribution in [0.15, 0.2) is 71.6 Å². The summed E-state index contributed by atoms with van der Waals surface area (Å²) in [5.74, 6) is 1.24. The fourth-order valence-corrected chi connectivity index (χ4v) is 10.7. The number of phenolic OH excluding ortho intramolecular Hbond substituents is 1. The van der Waals surface area contributed by atoms with Crippen molar-refractivity contribution in [3.63, 3.8) is 0 Å². The van der Waals surface area contributed by atoms with Crippen molar-refractivity contribution in [1.82, 2.24) is 0 Å². The van der Waals surface area contributed by atoms with E-state index in [2.05, 4.69) is 51.1 Å². The van der Waals surface area contributed by atoms with E-state index in [-0.39, 0.29) is 5.91 Å². The Labute approximate surface area is 236 Å². The standard InChI is InChI=1S/C32H40NO4PS/c1-5-23(2)29-14-9-26(22-30(29)34)25-8-6-7-24(21-25)15-18-37-27-10-12-28(13-11-27)39-38(3,4)32(31(33)35)16-19-36-20-17-32/h6-14,21-23,34H,3,5,15-20H2,1-2,4H3,(H2,33,35). The van der Waals surface area contributed by atoms with Crippen molar-refractivity contribution in [1.29, 1.82) is 0 Å². The van der Waals surface area contributed by atoms with Crippen molar-refractivity contribution in [3.8, 4) is 22.6 Å². The van der Waals surface area contributed by atoms with Gasteiger partial charge >= 0.3 is 0 Å². The number of hydrogen-bond acceptors (Lipinski definition) is 5. The number of nitrogens with two attached hydrogens (primary N) is 1. The van der Waals surface area contributed by atoms with Crippen molar-refractivity contribution in [2.45, 2.75) is 55.5 Å². The number of phenols is 1. The lowest BCUT2D eigenvalue weighted by Gasteiger charge is -2.42. The molecule has 39 heavy (non-hydrogen) atoms. The zero-order valence-electron chi connectivity index (χ0n) is 23.2. The third-order valence-electron chi connectivity index (χ3n) is 7.91. The van der Waals surface area contributed by atoms with Crippen molar-refractivity contribution < 1.29 is 19.4 Å². The number of hydrogen-bond donors (Lipinski definition) is 2. The molecular formula is C32H40NO4PS. The van der Waals surface area contributed by atoms with Gasteiger partial charge in [-0.3, -0.25) is 4.79 Å². The van der Waals surface area contributed by atoms with E-state index in [0.717, 1.165) is 40.2 Å². The van der Waals surface area contributed by atoms with Crippen LogP contribution in [0.4, 0.5) is 0 Å². The van der Waals surface area contributed by atoms with Gasteiger partial charge in [-0.2, -0.15) is 0 Å². The monoisotopic (exact) mass is 565 g/mol. The summed E-state index contributed by atoms with van der Waals surface area (Å²) in [5.41, 5.74) is 10.1. The average Bonchev–Trinajstić information content (AvgIpc) is 2.93. The van der Waals surface area contributed by atoms with Crippen LogP contribution >= 0.6 is 17.5 Å². The first kappa shape index (κ1) is 29.3. The van der Waals surface area contributed by atoms with Gasteiger partial charge in [-0.1, -0.05) is 67.9 Å². The number of benzene rings is 3. The number of primary amides is 1.